The fourth-order valence-corrected chi connectivity index (χ4v) is 3.41. The third-order valence-electron chi connectivity index (χ3n) is 5.12. The van der Waals surface area contributed by atoms with Gasteiger partial charge in [0.25, 0.3) is 0 Å². The third-order valence-corrected chi connectivity index (χ3v) is 5.29. The Morgan fingerprint density at radius 2 is 2.03 bits per heavy atom. The highest BCUT2D eigenvalue weighted by molar-refractivity contribution is 6.28. The molecule has 0 amide bonds. The van der Waals surface area contributed by atoms with Crippen LogP contribution in [0.5, 0.6) is 11.8 Å². The molecule has 0 aliphatic heterocycles. The number of halogens is 1. The quantitative estimate of drug-likeness (QED) is 0.507. The molecule has 0 atom stereocenters. The second kappa shape index (κ2) is 8.93. The maximum atomic E-state index is 11.3. The molecule has 0 N–H and O–H groups in total. The topological polar surface area (TPSA) is 118 Å². The molecule has 0 spiro atoms. The Morgan fingerprint density at radius 1 is 1.23 bits per heavy atom. The first kappa shape index (κ1) is 21.1. The van der Waals surface area contributed by atoms with Crippen molar-refractivity contribution in [3.63, 3.8) is 0 Å². The molecule has 0 unspecified atom stereocenters. The molecule has 0 bridgehead atoms. The minimum atomic E-state index is -0.393. The molecule has 1 aliphatic carbocycles. The van der Waals surface area contributed by atoms with Crippen LogP contribution < -0.4 is 9.47 Å². The van der Waals surface area contributed by atoms with E-state index in [0.29, 0.717) is 46.7 Å². The van der Waals surface area contributed by atoms with E-state index in [4.69, 9.17) is 21.1 Å². The van der Waals surface area contributed by atoms with Crippen LogP contribution in [0.4, 0.5) is 0 Å². The largest absolute Gasteiger partial charge is 0.457 e. The molecule has 0 radical (unpaired) electrons. The van der Waals surface area contributed by atoms with Crippen molar-refractivity contribution >= 4 is 17.6 Å². The first-order chi connectivity index (χ1) is 14.9. The number of pyridine rings is 1. The fourth-order valence-electron chi connectivity index (χ4n) is 3.25. The maximum Gasteiger partial charge on any atom is 0.321 e. The highest BCUT2D eigenvalue weighted by atomic mass is 35.5. The number of carbonyl (C=O) groups is 1. The van der Waals surface area contributed by atoms with E-state index < -0.39 is 5.97 Å². The number of esters is 1. The smallest absolute Gasteiger partial charge is 0.321 e. The van der Waals surface area contributed by atoms with Crippen LogP contribution in [0.15, 0.2) is 12.1 Å². The summed E-state index contributed by atoms with van der Waals surface area (Å²) in [7, 11) is 1.77. The highest BCUT2D eigenvalue weighted by Gasteiger charge is 2.24. The van der Waals surface area contributed by atoms with Crippen LogP contribution in [0.3, 0.4) is 0 Å². The van der Waals surface area contributed by atoms with E-state index in [1.54, 1.807) is 23.9 Å². The van der Waals surface area contributed by atoms with E-state index in [1.165, 1.54) is 6.92 Å². The van der Waals surface area contributed by atoms with Gasteiger partial charge >= 0.3 is 12.0 Å². The Hall–Kier alpha value is -3.14. The summed E-state index contributed by atoms with van der Waals surface area (Å²) in [6.45, 7) is 3.41. The Balaban J connectivity index is 1.57. The number of hydrogen-bond acceptors (Lipinski definition) is 9. The SMILES string of the molecule is CCc1nc(-c2nnn(C)c2COc2nc(Cl)nc(C3CCC3)n2)ccc1OC(C)=O. The summed E-state index contributed by atoms with van der Waals surface area (Å²) in [5, 5.41) is 8.45. The van der Waals surface area contributed by atoms with E-state index in [-0.39, 0.29) is 17.9 Å². The molecule has 3 heterocycles. The zero-order valence-corrected chi connectivity index (χ0v) is 18.3. The fraction of sp³-hybridized carbons (Fsp3) is 0.450. The molecule has 0 saturated heterocycles. The summed E-state index contributed by atoms with van der Waals surface area (Å²) in [6, 6.07) is 3.61. The Kier molecular flexibility index (Phi) is 6.08. The van der Waals surface area contributed by atoms with Crippen LogP contribution in [-0.4, -0.2) is 40.9 Å². The van der Waals surface area contributed by atoms with Crippen molar-refractivity contribution in [2.45, 2.75) is 52.1 Å². The highest BCUT2D eigenvalue weighted by Crippen LogP contribution is 2.35. The minimum Gasteiger partial charge on any atom is -0.457 e. The van der Waals surface area contributed by atoms with Crippen molar-refractivity contribution in [3.8, 4) is 23.1 Å². The predicted molar refractivity (Wildman–Crippen MR) is 111 cm³/mol. The predicted octanol–water partition coefficient (Wildman–Crippen LogP) is 3.05. The van der Waals surface area contributed by atoms with Gasteiger partial charge < -0.3 is 9.47 Å². The normalized spacial score (nSPS) is 13.7. The molecule has 31 heavy (non-hydrogen) atoms. The zero-order valence-electron chi connectivity index (χ0n) is 17.5. The standard InChI is InChI=1S/C20H22ClN7O3/c1-4-13-16(31-11(2)29)9-8-14(22-13)17-15(28(3)27-26-17)10-30-20-24-18(12-6-5-7-12)23-19(21)25-20/h8-9,12H,4-7,10H2,1-3H3. The average molecular weight is 444 g/mol. The third kappa shape index (κ3) is 4.63. The molecule has 4 rings (SSSR count). The minimum absolute atomic E-state index is 0.116. The molecule has 162 valence electrons. The van der Waals surface area contributed by atoms with Crippen molar-refractivity contribution in [3.05, 3.63) is 34.6 Å². The van der Waals surface area contributed by atoms with Crippen molar-refractivity contribution in [1.82, 2.24) is 34.9 Å². The number of carbonyl (C=O) groups excluding carboxylic acids is 1. The first-order valence-corrected chi connectivity index (χ1v) is 10.4. The van der Waals surface area contributed by atoms with Crippen LogP contribution in [0.1, 0.15) is 56.2 Å². The van der Waals surface area contributed by atoms with E-state index in [0.717, 1.165) is 19.3 Å². The summed E-state index contributed by atoms with van der Waals surface area (Å²) in [5.41, 5.74) is 2.50. The number of hydrogen-bond donors (Lipinski definition) is 0. The summed E-state index contributed by atoms with van der Waals surface area (Å²) in [6.07, 6.45) is 3.85. The molecule has 1 aliphatic rings. The van der Waals surface area contributed by atoms with Gasteiger partial charge in [0.05, 0.1) is 11.4 Å². The molecular formula is C20H22ClN7O3. The second-order valence-electron chi connectivity index (χ2n) is 7.26. The number of rotatable bonds is 7. The van der Waals surface area contributed by atoms with Crippen LogP contribution in [0, 0.1) is 0 Å². The van der Waals surface area contributed by atoms with Crippen LogP contribution in [0.2, 0.25) is 5.28 Å². The number of ether oxygens (including phenoxy) is 2. The van der Waals surface area contributed by atoms with E-state index in [9.17, 15) is 4.79 Å². The molecule has 10 nitrogen and oxygen atoms in total. The van der Waals surface area contributed by atoms with Gasteiger partial charge in [-0.05, 0) is 43.0 Å². The number of aromatic nitrogens is 7. The van der Waals surface area contributed by atoms with Gasteiger partial charge in [0.1, 0.15) is 23.8 Å². The van der Waals surface area contributed by atoms with Gasteiger partial charge in [0, 0.05) is 19.9 Å². The van der Waals surface area contributed by atoms with Crippen molar-refractivity contribution in [1.29, 1.82) is 0 Å². The maximum absolute atomic E-state index is 11.3. The average Bonchev–Trinajstić information content (AvgIpc) is 3.05. The lowest BCUT2D eigenvalue weighted by atomic mass is 9.85. The van der Waals surface area contributed by atoms with Gasteiger partial charge in [-0.2, -0.15) is 9.97 Å². The second-order valence-corrected chi connectivity index (χ2v) is 7.60. The van der Waals surface area contributed by atoms with Gasteiger partial charge in [0.2, 0.25) is 5.28 Å². The summed E-state index contributed by atoms with van der Waals surface area (Å²) >= 11 is 6.06. The lowest BCUT2D eigenvalue weighted by Gasteiger charge is -2.23. The van der Waals surface area contributed by atoms with E-state index >= 15 is 0 Å². The molecule has 11 heteroatoms. The van der Waals surface area contributed by atoms with Gasteiger partial charge in [-0.1, -0.05) is 18.6 Å². The Morgan fingerprint density at radius 3 is 2.71 bits per heavy atom. The summed E-state index contributed by atoms with van der Waals surface area (Å²) in [5.74, 6) is 1.02. The lowest BCUT2D eigenvalue weighted by molar-refractivity contribution is -0.131. The summed E-state index contributed by atoms with van der Waals surface area (Å²) < 4.78 is 12.7. The number of nitrogens with zero attached hydrogens (tertiary/aromatic N) is 7. The van der Waals surface area contributed by atoms with Crippen LogP contribution >= 0.6 is 11.6 Å². The molecular weight excluding hydrogens is 422 g/mol. The van der Waals surface area contributed by atoms with E-state index in [1.807, 2.05) is 6.92 Å². The van der Waals surface area contributed by atoms with Crippen molar-refractivity contribution < 1.29 is 14.3 Å². The van der Waals surface area contributed by atoms with E-state index in [2.05, 4.69) is 30.2 Å². The molecule has 1 fully saturated rings. The van der Waals surface area contributed by atoms with Crippen LogP contribution in [-0.2, 0) is 24.9 Å². The Labute approximate surface area is 184 Å². The molecule has 3 aromatic heterocycles. The van der Waals surface area contributed by atoms with Gasteiger partial charge in [-0.15, -0.1) is 5.10 Å². The van der Waals surface area contributed by atoms with Crippen molar-refractivity contribution in [2.24, 2.45) is 7.05 Å². The zero-order chi connectivity index (χ0) is 22.0. The van der Waals surface area contributed by atoms with Gasteiger partial charge in [0.15, 0.2) is 5.75 Å². The molecule has 1 saturated carbocycles. The Bertz CT molecular complexity index is 1110. The summed E-state index contributed by atoms with van der Waals surface area (Å²) in [4.78, 5) is 28.6. The molecule has 3 aromatic rings. The first-order valence-electron chi connectivity index (χ1n) is 10.1. The van der Waals surface area contributed by atoms with Crippen molar-refractivity contribution in [2.75, 3.05) is 0 Å². The van der Waals surface area contributed by atoms with Crippen LogP contribution in [0.25, 0.3) is 11.4 Å². The van der Waals surface area contributed by atoms with Gasteiger partial charge in [-0.25, -0.2) is 14.6 Å². The molecule has 0 aromatic carbocycles. The van der Waals surface area contributed by atoms with Gasteiger partial charge in [-0.3, -0.25) is 4.79 Å². The number of aryl methyl sites for hydroxylation is 2. The monoisotopic (exact) mass is 443 g/mol. The lowest BCUT2D eigenvalue weighted by Crippen LogP contribution is -2.15.